The van der Waals surface area contributed by atoms with Gasteiger partial charge in [-0.05, 0) is 48.3 Å². The molecule has 1 aliphatic heterocycles. The van der Waals surface area contributed by atoms with Crippen LogP contribution in [0.4, 0.5) is 18.9 Å². The number of carbonyl (C=O) groups is 2. The molecule has 2 amide bonds. The van der Waals surface area contributed by atoms with Gasteiger partial charge in [-0.25, -0.2) is 0 Å². The molecule has 1 aromatic rings. The third kappa shape index (κ3) is 1.69. The van der Waals surface area contributed by atoms with Gasteiger partial charge in [-0.3, -0.25) is 14.5 Å². The Morgan fingerprint density at radius 1 is 0.958 bits per heavy atom. The largest absolute Gasteiger partial charge is 0.416 e. The van der Waals surface area contributed by atoms with Crippen molar-refractivity contribution in [2.75, 3.05) is 4.90 Å². The number of imide groups is 1. The quantitative estimate of drug-likeness (QED) is 0.584. The molecule has 5 aliphatic rings. The molecule has 6 atom stereocenters. The molecule has 3 fully saturated rings. The summed E-state index contributed by atoms with van der Waals surface area (Å²) in [6, 6.07) is 4.48. The minimum atomic E-state index is -4.50. The fourth-order valence-electron chi connectivity index (χ4n) is 5.03. The fraction of sp³-hybridized carbons (Fsp3) is 0.444. The topological polar surface area (TPSA) is 37.4 Å². The van der Waals surface area contributed by atoms with Crippen molar-refractivity contribution in [3.8, 4) is 0 Å². The van der Waals surface area contributed by atoms with Crippen molar-refractivity contribution in [1.29, 1.82) is 0 Å². The highest BCUT2D eigenvalue weighted by molar-refractivity contribution is 6.22. The lowest BCUT2D eigenvalue weighted by molar-refractivity contribution is -0.137. The monoisotopic (exact) mass is 333 g/mol. The number of amides is 2. The van der Waals surface area contributed by atoms with Crippen molar-refractivity contribution in [1.82, 2.24) is 0 Å². The van der Waals surface area contributed by atoms with Crippen molar-refractivity contribution < 1.29 is 22.8 Å². The molecule has 0 spiro atoms. The number of hydrogen-bond acceptors (Lipinski definition) is 2. The highest BCUT2D eigenvalue weighted by Gasteiger charge is 2.67. The maximum absolute atomic E-state index is 12.9. The van der Waals surface area contributed by atoms with Crippen molar-refractivity contribution in [2.24, 2.45) is 35.5 Å². The summed E-state index contributed by atoms with van der Waals surface area (Å²) in [4.78, 5) is 26.7. The number of nitrogens with zero attached hydrogens (tertiary/aromatic N) is 1. The fourth-order valence-corrected chi connectivity index (χ4v) is 5.03. The van der Waals surface area contributed by atoms with Gasteiger partial charge < -0.3 is 0 Å². The Morgan fingerprint density at radius 2 is 1.54 bits per heavy atom. The Bertz CT molecular complexity index is 764. The van der Waals surface area contributed by atoms with E-state index in [1.165, 1.54) is 12.1 Å². The molecule has 24 heavy (non-hydrogen) atoms. The molecule has 1 saturated heterocycles. The van der Waals surface area contributed by atoms with Gasteiger partial charge in [0, 0.05) is 0 Å². The Kier molecular flexibility index (Phi) is 2.55. The van der Waals surface area contributed by atoms with Gasteiger partial charge >= 0.3 is 6.18 Å². The van der Waals surface area contributed by atoms with Crippen LogP contribution in [0.1, 0.15) is 12.0 Å². The molecule has 0 unspecified atom stereocenters. The van der Waals surface area contributed by atoms with Crippen LogP contribution in [0.2, 0.25) is 0 Å². The lowest BCUT2D eigenvalue weighted by Crippen LogP contribution is -2.40. The van der Waals surface area contributed by atoms with Crippen molar-refractivity contribution >= 4 is 17.5 Å². The SMILES string of the molecule is O=C1[C@@H]2[C@@H]3C=C[C@@H]([C@H]4C[C@@H]34)[C@@H]2C(=O)N1c1cccc(C(F)(F)F)c1. The second kappa shape index (κ2) is 4.29. The van der Waals surface area contributed by atoms with Gasteiger partial charge in [0.15, 0.2) is 0 Å². The van der Waals surface area contributed by atoms with Crippen LogP contribution < -0.4 is 4.90 Å². The smallest absolute Gasteiger partial charge is 0.274 e. The zero-order valence-electron chi connectivity index (χ0n) is 12.5. The number of allylic oxidation sites excluding steroid dienone is 2. The molecular formula is C18H14F3NO2. The van der Waals surface area contributed by atoms with E-state index in [1.807, 2.05) is 12.2 Å². The van der Waals surface area contributed by atoms with Crippen LogP contribution >= 0.6 is 0 Å². The molecule has 6 rings (SSSR count). The van der Waals surface area contributed by atoms with Gasteiger partial charge in [0.05, 0.1) is 23.1 Å². The summed E-state index contributed by atoms with van der Waals surface area (Å²) < 4.78 is 38.8. The van der Waals surface area contributed by atoms with Crippen LogP contribution in [0.5, 0.6) is 0 Å². The number of halogens is 3. The number of benzene rings is 1. The van der Waals surface area contributed by atoms with Crippen LogP contribution in [0, 0.1) is 35.5 Å². The van der Waals surface area contributed by atoms with Gasteiger partial charge in [0.25, 0.3) is 0 Å². The minimum Gasteiger partial charge on any atom is -0.274 e. The summed E-state index contributed by atoms with van der Waals surface area (Å²) in [5.74, 6) is -0.395. The highest BCUT2D eigenvalue weighted by atomic mass is 19.4. The average Bonchev–Trinajstić information content (AvgIpc) is 3.31. The lowest BCUT2D eigenvalue weighted by Gasteiger charge is -2.37. The van der Waals surface area contributed by atoms with E-state index < -0.39 is 23.6 Å². The van der Waals surface area contributed by atoms with E-state index in [9.17, 15) is 22.8 Å². The summed E-state index contributed by atoms with van der Waals surface area (Å²) >= 11 is 0. The molecule has 2 saturated carbocycles. The third-order valence-corrected chi connectivity index (χ3v) is 6.09. The van der Waals surface area contributed by atoms with Gasteiger partial charge in [0.2, 0.25) is 11.8 Å². The summed E-state index contributed by atoms with van der Waals surface area (Å²) in [5.41, 5.74) is -0.818. The number of alkyl halides is 3. The van der Waals surface area contributed by atoms with E-state index in [4.69, 9.17) is 0 Å². The molecule has 0 aromatic heterocycles. The second-order valence-electron chi connectivity index (χ2n) is 7.21. The summed E-state index contributed by atoms with van der Waals surface area (Å²) in [5, 5.41) is 0. The second-order valence-corrected chi connectivity index (χ2v) is 7.21. The van der Waals surface area contributed by atoms with Gasteiger partial charge in [-0.1, -0.05) is 18.2 Å². The molecular weight excluding hydrogens is 319 g/mol. The maximum atomic E-state index is 12.9. The summed E-state index contributed by atoms with van der Waals surface area (Å²) in [7, 11) is 0. The van der Waals surface area contributed by atoms with Crippen LogP contribution in [-0.2, 0) is 15.8 Å². The molecule has 124 valence electrons. The average molecular weight is 333 g/mol. The summed E-state index contributed by atoms with van der Waals surface area (Å²) in [6.07, 6.45) is 0.637. The first-order chi connectivity index (χ1) is 11.4. The molecule has 4 aliphatic carbocycles. The molecule has 3 nitrogen and oxygen atoms in total. The number of carbonyl (C=O) groups excluding carboxylic acids is 2. The van der Waals surface area contributed by atoms with Crippen LogP contribution in [0.25, 0.3) is 0 Å². The highest BCUT2D eigenvalue weighted by Crippen LogP contribution is 2.65. The zero-order chi connectivity index (χ0) is 16.8. The molecule has 1 aromatic carbocycles. The van der Waals surface area contributed by atoms with Crippen LogP contribution in [0.3, 0.4) is 0 Å². The van der Waals surface area contributed by atoms with Crippen molar-refractivity contribution in [3.05, 3.63) is 42.0 Å². The maximum Gasteiger partial charge on any atom is 0.416 e. The third-order valence-electron chi connectivity index (χ3n) is 6.09. The van der Waals surface area contributed by atoms with Crippen molar-refractivity contribution in [2.45, 2.75) is 12.6 Å². The Morgan fingerprint density at radius 3 is 2.08 bits per heavy atom. The summed E-state index contributed by atoms with van der Waals surface area (Å²) in [6.45, 7) is 0. The first-order valence-electron chi connectivity index (χ1n) is 8.11. The van der Waals surface area contributed by atoms with Crippen LogP contribution in [0.15, 0.2) is 36.4 Å². The molecule has 0 N–H and O–H groups in total. The molecule has 1 heterocycles. The Hall–Kier alpha value is -2.11. The van der Waals surface area contributed by atoms with E-state index >= 15 is 0 Å². The van der Waals surface area contributed by atoms with E-state index in [1.54, 1.807) is 0 Å². The van der Waals surface area contributed by atoms with Crippen molar-refractivity contribution in [3.63, 3.8) is 0 Å². The predicted molar refractivity (Wildman–Crippen MR) is 78.6 cm³/mol. The number of rotatable bonds is 1. The Labute approximate surface area is 136 Å². The zero-order valence-corrected chi connectivity index (χ0v) is 12.5. The minimum absolute atomic E-state index is 0.0299. The van der Waals surface area contributed by atoms with Gasteiger partial charge in [-0.15, -0.1) is 0 Å². The standard InChI is InChI=1S/C18H14F3NO2/c19-18(20,21)8-2-1-3-9(6-8)22-16(23)14-10-4-5-11(13-7-12(10)13)15(14)17(22)24/h1-6,10-15H,7H2/t10-,11+,12+,13-,14-,15+. The van der Waals surface area contributed by atoms with E-state index in [-0.39, 0.29) is 29.3 Å². The first-order valence-corrected chi connectivity index (χ1v) is 8.11. The van der Waals surface area contributed by atoms with E-state index in [0.717, 1.165) is 23.5 Å². The van der Waals surface area contributed by atoms with Gasteiger partial charge in [-0.2, -0.15) is 13.2 Å². The van der Waals surface area contributed by atoms with Gasteiger partial charge in [0.1, 0.15) is 0 Å². The first kappa shape index (κ1) is 14.3. The predicted octanol–water partition coefficient (Wildman–Crippen LogP) is 3.26. The molecule has 6 heteroatoms. The number of anilines is 1. The normalized spacial score (nSPS) is 39.2. The van der Waals surface area contributed by atoms with E-state index in [0.29, 0.717) is 11.8 Å². The van der Waals surface area contributed by atoms with E-state index in [2.05, 4.69) is 0 Å². The lowest BCUT2D eigenvalue weighted by atomic mass is 9.63. The molecule has 2 bridgehead atoms. The van der Waals surface area contributed by atoms with Crippen LogP contribution in [-0.4, -0.2) is 11.8 Å². The molecule has 0 radical (unpaired) electrons. The Balaban J connectivity index is 1.55. The number of hydrogen-bond donors (Lipinski definition) is 0.